The van der Waals surface area contributed by atoms with Gasteiger partial charge in [-0.05, 0) is 98.9 Å². The zero-order valence-corrected chi connectivity index (χ0v) is 29.1. The SMILES string of the molecule is CN1CCN(C(=O)Cn2c(C3CC3)c(C3CCCCC3)c3ccc(C(=O)NC4(C(=O)Nc5ccc(/C=C/C(=O)O)cc5)CCCC4)cc32)CC1. The van der Waals surface area contributed by atoms with Crippen LogP contribution in [0.5, 0.6) is 0 Å². The Bertz CT molecular complexity index is 1790. The fourth-order valence-electron chi connectivity index (χ4n) is 8.39. The molecular weight excluding hydrogens is 630 g/mol. The van der Waals surface area contributed by atoms with Crippen LogP contribution in [0.3, 0.4) is 0 Å². The monoisotopic (exact) mass is 679 g/mol. The van der Waals surface area contributed by atoms with Gasteiger partial charge in [0.1, 0.15) is 12.1 Å². The van der Waals surface area contributed by atoms with E-state index < -0.39 is 11.5 Å². The Morgan fingerprint density at radius 1 is 0.860 bits per heavy atom. The van der Waals surface area contributed by atoms with Crippen molar-refractivity contribution in [2.45, 2.75) is 94.5 Å². The zero-order chi connectivity index (χ0) is 34.8. The van der Waals surface area contributed by atoms with Crippen LogP contribution >= 0.6 is 0 Å². The number of benzene rings is 2. The number of hydrogen-bond acceptors (Lipinski definition) is 5. The van der Waals surface area contributed by atoms with Crippen molar-refractivity contribution in [3.8, 4) is 0 Å². The molecule has 0 spiro atoms. The van der Waals surface area contributed by atoms with Crippen LogP contribution in [-0.2, 0) is 20.9 Å². The van der Waals surface area contributed by atoms with Gasteiger partial charge in [-0.25, -0.2) is 4.79 Å². The van der Waals surface area contributed by atoms with Crippen LogP contribution in [0.1, 0.15) is 110 Å². The van der Waals surface area contributed by atoms with Crippen molar-refractivity contribution < 1.29 is 24.3 Å². The highest BCUT2D eigenvalue weighted by Crippen LogP contribution is 2.50. The van der Waals surface area contributed by atoms with Gasteiger partial charge in [0, 0.05) is 60.1 Å². The van der Waals surface area contributed by atoms with E-state index in [1.807, 2.05) is 17.0 Å². The predicted octanol–water partition coefficient (Wildman–Crippen LogP) is 6.12. The number of carbonyl (C=O) groups is 4. The number of likely N-dealkylation sites (N-methyl/N-ethyl adjacent to an activating group) is 1. The molecule has 10 heteroatoms. The van der Waals surface area contributed by atoms with Crippen LogP contribution in [0.2, 0.25) is 0 Å². The number of hydrogen-bond donors (Lipinski definition) is 3. The van der Waals surface area contributed by atoms with E-state index in [-0.39, 0.29) is 24.3 Å². The number of nitrogens with one attached hydrogen (secondary N) is 2. The molecule has 0 radical (unpaired) electrons. The number of nitrogens with zero attached hydrogens (tertiary/aromatic N) is 3. The van der Waals surface area contributed by atoms with E-state index >= 15 is 0 Å². The quantitative estimate of drug-likeness (QED) is 0.222. The maximum atomic E-state index is 14.1. The molecule has 0 bridgehead atoms. The normalized spacial score (nSPS) is 20.0. The van der Waals surface area contributed by atoms with Crippen molar-refractivity contribution in [3.63, 3.8) is 0 Å². The van der Waals surface area contributed by atoms with Crippen molar-refractivity contribution in [3.05, 3.63) is 70.9 Å². The second-order valence-electron chi connectivity index (χ2n) is 14.9. The Balaban J connectivity index is 1.17. The van der Waals surface area contributed by atoms with Gasteiger partial charge in [0.2, 0.25) is 11.8 Å². The summed E-state index contributed by atoms with van der Waals surface area (Å²) < 4.78 is 2.25. The van der Waals surface area contributed by atoms with Gasteiger partial charge in [-0.1, -0.05) is 50.3 Å². The van der Waals surface area contributed by atoms with Gasteiger partial charge in [0.25, 0.3) is 5.91 Å². The molecule has 3 aromatic rings. The highest BCUT2D eigenvalue weighted by Gasteiger charge is 2.43. The van der Waals surface area contributed by atoms with E-state index in [2.05, 4.69) is 33.2 Å². The Kier molecular flexibility index (Phi) is 9.82. The molecule has 3 amide bonds. The maximum Gasteiger partial charge on any atom is 0.328 e. The summed E-state index contributed by atoms with van der Waals surface area (Å²) >= 11 is 0. The molecule has 10 nitrogen and oxygen atoms in total. The first-order valence-corrected chi connectivity index (χ1v) is 18.5. The third kappa shape index (κ3) is 7.22. The van der Waals surface area contributed by atoms with E-state index in [0.717, 1.165) is 81.7 Å². The van der Waals surface area contributed by atoms with Gasteiger partial charge >= 0.3 is 5.97 Å². The van der Waals surface area contributed by atoms with Gasteiger partial charge < -0.3 is 30.1 Å². The standard InChI is InChI=1S/C40H49N5O5/c1-43-21-23-44(24-22-43)34(46)26-45-33-25-30(14-17-32(33)36(37(45)29-12-13-29)28-7-3-2-4-8-28)38(49)42-40(19-5-6-20-40)39(50)41-31-15-9-27(10-16-31)11-18-35(47)48/h9-11,14-18,25,28-29H,2-8,12-13,19-24,26H2,1H3,(H,41,50)(H,42,49)(H,47,48)/b18-11+. The minimum atomic E-state index is -1.04. The zero-order valence-electron chi connectivity index (χ0n) is 29.1. The third-order valence-corrected chi connectivity index (χ3v) is 11.4. The molecule has 0 unspecified atom stereocenters. The van der Waals surface area contributed by atoms with Crippen molar-refractivity contribution in [2.75, 3.05) is 38.5 Å². The fraction of sp³-hybridized carbons (Fsp3) is 0.500. The first-order chi connectivity index (χ1) is 24.2. The summed E-state index contributed by atoms with van der Waals surface area (Å²) in [6.07, 6.45) is 13.6. The van der Waals surface area contributed by atoms with Crippen LogP contribution < -0.4 is 10.6 Å². The van der Waals surface area contributed by atoms with Crippen molar-refractivity contribution in [2.24, 2.45) is 0 Å². The highest BCUT2D eigenvalue weighted by atomic mass is 16.4. The van der Waals surface area contributed by atoms with Crippen LogP contribution in [0, 0.1) is 0 Å². The second kappa shape index (κ2) is 14.4. The lowest BCUT2D eigenvalue weighted by Gasteiger charge is -2.32. The molecule has 3 saturated carbocycles. The molecule has 50 heavy (non-hydrogen) atoms. The summed E-state index contributed by atoms with van der Waals surface area (Å²) in [5.41, 5.74) is 4.39. The first-order valence-electron chi connectivity index (χ1n) is 18.5. The summed E-state index contributed by atoms with van der Waals surface area (Å²) in [7, 11) is 2.09. The van der Waals surface area contributed by atoms with E-state index in [4.69, 9.17) is 5.11 Å². The smallest absolute Gasteiger partial charge is 0.328 e. The van der Waals surface area contributed by atoms with Crippen LogP contribution in [0.25, 0.3) is 17.0 Å². The van der Waals surface area contributed by atoms with Gasteiger partial charge in [-0.15, -0.1) is 0 Å². The molecule has 1 saturated heterocycles. The average molecular weight is 680 g/mol. The molecular formula is C40H49N5O5. The number of aliphatic carboxylic acids is 1. The molecule has 0 atom stereocenters. The molecule has 4 aliphatic rings. The van der Waals surface area contributed by atoms with Gasteiger partial charge in [-0.2, -0.15) is 0 Å². The number of carbonyl (C=O) groups excluding carboxylic acids is 3. The number of carboxylic acids is 1. The first kappa shape index (κ1) is 34.0. The molecule has 2 aromatic carbocycles. The average Bonchev–Trinajstić information content (AvgIpc) is 3.77. The minimum Gasteiger partial charge on any atom is -0.478 e. The number of fused-ring (bicyclic) bond motifs is 1. The van der Waals surface area contributed by atoms with E-state index in [1.54, 1.807) is 24.3 Å². The molecule has 2 heterocycles. The van der Waals surface area contributed by atoms with Gasteiger partial charge in [-0.3, -0.25) is 14.4 Å². The number of carboxylic acid groups (broad SMARTS) is 1. The van der Waals surface area contributed by atoms with Crippen molar-refractivity contribution in [1.29, 1.82) is 0 Å². The Morgan fingerprint density at radius 2 is 1.56 bits per heavy atom. The molecule has 264 valence electrons. The summed E-state index contributed by atoms with van der Waals surface area (Å²) in [5, 5.41) is 16.2. The minimum absolute atomic E-state index is 0.134. The molecule has 7 rings (SSSR count). The number of rotatable bonds is 10. The largest absolute Gasteiger partial charge is 0.478 e. The summed E-state index contributed by atoms with van der Waals surface area (Å²) in [6.45, 7) is 3.48. The van der Waals surface area contributed by atoms with Crippen LogP contribution in [0.4, 0.5) is 5.69 Å². The molecule has 1 aliphatic heterocycles. The van der Waals surface area contributed by atoms with E-state index in [0.29, 0.717) is 41.5 Å². The van der Waals surface area contributed by atoms with Crippen LogP contribution in [0.15, 0.2) is 48.5 Å². The number of anilines is 1. The number of piperazine rings is 1. The van der Waals surface area contributed by atoms with Gasteiger partial charge in [0.05, 0.1) is 0 Å². The summed E-state index contributed by atoms with van der Waals surface area (Å²) in [6, 6.07) is 12.9. The molecule has 1 aromatic heterocycles. The highest BCUT2D eigenvalue weighted by molar-refractivity contribution is 6.05. The molecule has 3 N–H and O–H groups in total. The summed E-state index contributed by atoms with van der Waals surface area (Å²) in [5.74, 6) is -0.521. The second-order valence-corrected chi connectivity index (χ2v) is 14.9. The number of aromatic nitrogens is 1. The lowest BCUT2D eigenvalue weighted by molar-refractivity contribution is -0.133. The Morgan fingerprint density at radius 3 is 2.22 bits per heavy atom. The lowest BCUT2D eigenvalue weighted by Crippen LogP contribution is -2.55. The van der Waals surface area contributed by atoms with Crippen molar-refractivity contribution >= 4 is 46.4 Å². The molecule has 3 aliphatic carbocycles. The lowest BCUT2D eigenvalue weighted by atomic mass is 9.82. The maximum absolute atomic E-state index is 14.1. The Labute approximate surface area is 293 Å². The topological polar surface area (TPSA) is 124 Å². The van der Waals surface area contributed by atoms with E-state index in [1.165, 1.54) is 36.6 Å². The third-order valence-electron chi connectivity index (χ3n) is 11.4. The fourth-order valence-corrected chi connectivity index (χ4v) is 8.39. The summed E-state index contributed by atoms with van der Waals surface area (Å²) in [4.78, 5) is 56.8. The van der Waals surface area contributed by atoms with E-state index in [9.17, 15) is 19.2 Å². The van der Waals surface area contributed by atoms with Gasteiger partial charge in [0.15, 0.2) is 0 Å². The Hall–Kier alpha value is -4.44. The van der Waals surface area contributed by atoms with Crippen LogP contribution in [-0.4, -0.2) is 81.9 Å². The predicted molar refractivity (Wildman–Crippen MR) is 194 cm³/mol. The molecule has 4 fully saturated rings. The number of amides is 3. The van der Waals surface area contributed by atoms with Crippen molar-refractivity contribution in [1.82, 2.24) is 19.7 Å².